The van der Waals surface area contributed by atoms with Crippen molar-refractivity contribution in [1.82, 2.24) is 20.1 Å². The largest absolute Gasteiger partial charge is 0.489 e. The Morgan fingerprint density at radius 3 is 2.40 bits per heavy atom. The second kappa shape index (κ2) is 11.2. The van der Waals surface area contributed by atoms with E-state index in [4.69, 9.17) is 4.74 Å². The van der Waals surface area contributed by atoms with E-state index in [1.54, 1.807) is 54.4 Å². The molecule has 8 heteroatoms. The minimum Gasteiger partial charge on any atom is -0.489 e. The Morgan fingerprint density at radius 2 is 1.69 bits per heavy atom. The number of aromatic amines is 1. The summed E-state index contributed by atoms with van der Waals surface area (Å²) in [5.41, 5.74) is 1.98. The molecule has 35 heavy (non-hydrogen) atoms. The number of amides is 1. The van der Waals surface area contributed by atoms with Crippen LogP contribution >= 0.6 is 0 Å². The number of hydrogen-bond acceptors (Lipinski definition) is 5. The van der Waals surface area contributed by atoms with Gasteiger partial charge in [0.1, 0.15) is 23.9 Å². The van der Waals surface area contributed by atoms with Crippen LogP contribution in [0.1, 0.15) is 23.2 Å². The van der Waals surface area contributed by atoms with Crippen molar-refractivity contribution >= 4 is 5.91 Å². The number of carbonyl (C=O) groups is 1. The van der Waals surface area contributed by atoms with Gasteiger partial charge in [0.2, 0.25) is 5.91 Å². The molecule has 0 aliphatic rings. The summed E-state index contributed by atoms with van der Waals surface area (Å²) in [6.07, 6.45) is 0.359. The molecule has 1 amide bonds. The Labute approximate surface area is 202 Å². The Kier molecular flexibility index (Phi) is 7.62. The Hall–Kier alpha value is -4.33. The van der Waals surface area contributed by atoms with E-state index in [0.717, 1.165) is 5.56 Å². The lowest BCUT2D eigenvalue weighted by atomic mass is 10.2. The maximum absolute atomic E-state index is 13.7. The van der Waals surface area contributed by atoms with Crippen LogP contribution < -0.4 is 10.3 Å². The zero-order chi connectivity index (χ0) is 24.6. The van der Waals surface area contributed by atoms with Crippen molar-refractivity contribution in [2.24, 2.45) is 0 Å². The zero-order valence-corrected chi connectivity index (χ0v) is 19.3. The summed E-state index contributed by atoms with van der Waals surface area (Å²) in [5, 5.41) is 8.15. The standard InChI is InChI=1S/C27H25FN4O3/c1-32(17-19-7-3-2-4-8-19)25(33)16-15-24-27(34)29-26(31-30-24)20-11-13-22(14-12-20)35-18-21-9-5-6-10-23(21)28/h2-14H,15-18H2,1H3,(H,29,31,34). The molecule has 0 saturated carbocycles. The molecule has 3 aromatic carbocycles. The van der Waals surface area contributed by atoms with Crippen molar-refractivity contribution in [2.45, 2.75) is 26.0 Å². The zero-order valence-electron chi connectivity index (χ0n) is 19.3. The molecule has 0 aliphatic heterocycles. The van der Waals surface area contributed by atoms with Crippen molar-refractivity contribution in [2.75, 3.05) is 7.05 Å². The van der Waals surface area contributed by atoms with Gasteiger partial charge in [0.05, 0.1) is 0 Å². The summed E-state index contributed by atoms with van der Waals surface area (Å²) in [6, 6.07) is 23.0. The number of carbonyl (C=O) groups excluding carboxylic acids is 1. The minimum absolute atomic E-state index is 0.0786. The molecule has 0 spiro atoms. The van der Waals surface area contributed by atoms with Crippen LogP contribution in [0.15, 0.2) is 83.7 Å². The van der Waals surface area contributed by atoms with E-state index in [1.165, 1.54) is 6.07 Å². The fraction of sp³-hybridized carbons (Fsp3) is 0.185. The summed E-state index contributed by atoms with van der Waals surface area (Å²) in [7, 11) is 1.73. The molecule has 1 N–H and O–H groups in total. The second-order valence-electron chi connectivity index (χ2n) is 8.09. The number of halogens is 1. The third-order valence-corrected chi connectivity index (χ3v) is 5.51. The maximum atomic E-state index is 13.7. The summed E-state index contributed by atoms with van der Waals surface area (Å²) in [6.45, 7) is 0.608. The smallest absolute Gasteiger partial charge is 0.273 e. The van der Waals surface area contributed by atoms with Crippen molar-refractivity contribution < 1.29 is 13.9 Å². The Balaban J connectivity index is 1.33. The van der Waals surface area contributed by atoms with Crippen LogP contribution in [-0.2, 0) is 24.4 Å². The van der Waals surface area contributed by atoms with E-state index in [-0.39, 0.29) is 42.4 Å². The first-order chi connectivity index (χ1) is 17.0. The van der Waals surface area contributed by atoms with Gasteiger partial charge in [-0.1, -0.05) is 48.5 Å². The lowest BCUT2D eigenvalue weighted by molar-refractivity contribution is -0.130. The average molecular weight is 473 g/mol. The molecule has 178 valence electrons. The number of benzene rings is 3. The van der Waals surface area contributed by atoms with Crippen LogP contribution in [0, 0.1) is 5.82 Å². The maximum Gasteiger partial charge on any atom is 0.273 e. The van der Waals surface area contributed by atoms with Crippen LogP contribution in [-0.4, -0.2) is 33.0 Å². The number of hydrogen-bond donors (Lipinski definition) is 1. The molecule has 0 unspecified atom stereocenters. The third kappa shape index (κ3) is 6.38. The molecule has 1 heterocycles. The molecule has 4 rings (SSSR count). The molecule has 0 radical (unpaired) electrons. The van der Waals surface area contributed by atoms with Crippen molar-refractivity contribution in [3.05, 3.63) is 112 Å². The van der Waals surface area contributed by atoms with Gasteiger partial charge >= 0.3 is 0 Å². The van der Waals surface area contributed by atoms with Crippen molar-refractivity contribution in [3.8, 4) is 17.1 Å². The van der Waals surface area contributed by atoms with Crippen molar-refractivity contribution in [1.29, 1.82) is 0 Å². The van der Waals surface area contributed by atoms with Crippen LogP contribution in [0.4, 0.5) is 4.39 Å². The Bertz CT molecular complexity index is 1340. The number of aryl methyl sites for hydroxylation is 1. The van der Waals surface area contributed by atoms with Crippen LogP contribution in [0.25, 0.3) is 11.4 Å². The summed E-state index contributed by atoms with van der Waals surface area (Å²) in [5.74, 6) is 0.473. The highest BCUT2D eigenvalue weighted by atomic mass is 19.1. The highest BCUT2D eigenvalue weighted by Gasteiger charge is 2.13. The summed E-state index contributed by atoms with van der Waals surface area (Å²) < 4.78 is 19.4. The van der Waals surface area contributed by atoms with Gasteiger partial charge in [-0.2, -0.15) is 0 Å². The first-order valence-corrected chi connectivity index (χ1v) is 11.2. The van der Waals surface area contributed by atoms with Gasteiger partial charge in [-0.25, -0.2) is 4.39 Å². The highest BCUT2D eigenvalue weighted by Crippen LogP contribution is 2.20. The third-order valence-electron chi connectivity index (χ3n) is 5.51. The quantitative estimate of drug-likeness (QED) is 0.396. The van der Waals surface area contributed by atoms with Gasteiger partial charge in [0, 0.05) is 37.6 Å². The second-order valence-corrected chi connectivity index (χ2v) is 8.09. The van der Waals surface area contributed by atoms with Gasteiger partial charge < -0.3 is 14.6 Å². The van der Waals surface area contributed by atoms with E-state index in [1.807, 2.05) is 30.3 Å². The van der Waals surface area contributed by atoms with Gasteiger partial charge in [0.15, 0.2) is 5.82 Å². The number of nitrogens with one attached hydrogen (secondary N) is 1. The molecular formula is C27H25FN4O3. The molecule has 4 aromatic rings. The van der Waals surface area contributed by atoms with E-state index >= 15 is 0 Å². The molecule has 0 saturated heterocycles. The predicted molar refractivity (Wildman–Crippen MR) is 130 cm³/mol. The van der Waals surface area contributed by atoms with Crippen LogP contribution in [0.5, 0.6) is 5.75 Å². The van der Waals surface area contributed by atoms with E-state index < -0.39 is 0 Å². The minimum atomic E-state index is -0.381. The number of ether oxygens (including phenoxy) is 1. The summed E-state index contributed by atoms with van der Waals surface area (Å²) >= 11 is 0. The first-order valence-electron chi connectivity index (χ1n) is 11.2. The number of rotatable bonds is 9. The number of H-pyrrole nitrogens is 1. The lowest BCUT2D eigenvalue weighted by Gasteiger charge is -2.17. The molecule has 7 nitrogen and oxygen atoms in total. The number of aromatic nitrogens is 3. The fourth-order valence-electron chi connectivity index (χ4n) is 3.50. The normalized spacial score (nSPS) is 10.7. The molecule has 1 aromatic heterocycles. The van der Waals surface area contributed by atoms with E-state index in [9.17, 15) is 14.0 Å². The topological polar surface area (TPSA) is 88.2 Å². The van der Waals surface area contributed by atoms with E-state index in [0.29, 0.717) is 29.2 Å². The van der Waals surface area contributed by atoms with Crippen molar-refractivity contribution in [3.63, 3.8) is 0 Å². The molecule has 0 fully saturated rings. The van der Waals surface area contributed by atoms with Gasteiger partial charge in [0.25, 0.3) is 5.56 Å². The molecule has 0 atom stereocenters. The molecular weight excluding hydrogens is 447 g/mol. The highest BCUT2D eigenvalue weighted by molar-refractivity contribution is 5.76. The van der Waals surface area contributed by atoms with Crippen LogP contribution in [0.3, 0.4) is 0 Å². The SMILES string of the molecule is CN(Cc1ccccc1)C(=O)CCc1nnc(-c2ccc(OCc3ccccc3F)cc2)[nH]c1=O. The van der Waals surface area contributed by atoms with Gasteiger partial charge in [-0.3, -0.25) is 9.59 Å². The van der Waals surface area contributed by atoms with Gasteiger partial charge in [-0.15, -0.1) is 10.2 Å². The molecule has 0 aliphatic carbocycles. The number of nitrogens with zero attached hydrogens (tertiary/aromatic N) is 3. The monoisotopic (exact) mass is 472 g/mol. The first kappa shape index (κ1) is 23.8. The van der Waals surface area contributed by atoms with E-state index in [2.05, 4.69) is 15.2 Å². The Morgan fingerprint density at radius 1 is 0.971 bits per heavy atom. The average Bonchev–Trinajstić information content (AvgIpc) is 2.88. The van der Waals surface area contributed by atoms with Crippen LogP contribution in [0.2, 0.25) is 0 Å². The predicted octanol–water partition coefficient (Wildman–Crippen LogP) is 4.14. The summed E-state index contributed by atoms with van der Waals surface area (Å²) in [4.78, 5) is 29.3. The fourth-order valence-corrected chi connectivity index (χ4v) is 3.50. The molecule has 0 bridgehead atoms. The van der Waals surface area contributed by atoms with Gasteiger partial charge in [-0.05, 0) is 35.9 Å². The lowest BCUT2D eigenvalue weighted by Crippen LogP contribution is -2.27.